The summed E-state index contributed by atoms with van der Waals surface area (Å²) in [7, 11) is 0. The monoisotopic (exact) mass is 195 g/mol. The quantitative estimate of drug-likeness (QED) is 0.683. The van der Waals surface area contributed by atoms with E-state index in [4.69, 9.17) is 0 Å². The number of rotatable bonds is 1. The van der Waals surface area contributed by atoms with Gasteiger partial charge < -0.3 is 5.32 Å². The fraction of sp³-hybridized carbons (Fsp3) is 0.917. The number of carbonyl (C=O) groups is 1. The largest absolute Gasteiger partial charge is 0.353 e. The third-order valence-electron chi connectivity index (χ3n) is 5.17. The van der Waals surface area contributed by atoms with E-state index in [2.05, 4.69) is 26.1 Å². The molecule has 0 aromatic heterocycles. The SMILES string of the molecule is CC(=O)N[C@H]1C[C@H]2CC[C@]1(C)C2(C)C. The van der Waals surface area contributed by atoms with Gasteiger partial charge in [0.2, 0.25) is 5.91 Å². The maximum Gasteiger partial charge on any atom is 0.217 e. The lowest BCUT2D eigenvalue weighted by molar-refractivity contribution is -0.120. The summed E-state index contributed by atoms with van der Waals surface area (Å²) in [5.41, 5.74) is 0.726. The maximum atomic E-state index is 11.1. The Labute approximate surface area is 86.5 Å². The second-order valence-corrected chi connectivity index (χ2v) is 5.86. The zero-order valence-corrected chi connectivity index (χ0v) is 9.68. The minimum absolute atomic E-state index is 0.125. The molecule has 0 saturated heterocycles. The molecule has 2 rings (SSSR count). The van der Waals surface area contributed by atoms with Crippen LogP contribution in [-0.4, -0.2) is 11.9 Å². The molecule has 80 valence electrons. The van der Waals surface area contributed by atoms with Gasteiger partial charge in [-0.05, 0) is 36.0 Å². The molecule has 0 radical (unpaired) electrons. The molecule has 0 heterocycles. The maximum absolute atomic E-state index is 11.1. The van der Waals surface area contributed by atoms with Gasteiger partial charge in [0, 0.05) is 13.0 Å². The molecule has 14 heavy (non-hydrogen) atoms. The molecule has 2 nitrogen and oxygen atoms in total. The summed E-state index contributed by atoms with van der Waals surface area (Å²) in [4.78, 5) is 11.1. The summed E-state index contributed by atoms with van der Waals surface area (Å²) in [6.07, 6.45) is 3.80. The van der Waals surface area contributed by atoms with Gasteiger partial charge in [-0.2, -0.15) is 0 Å². The van der Waals surface area contributed by atoms with Crippen molar-refractivity contribution in [1.29, 1.82) is 0 Å². The topological polar surface area (TPSA) is 29.1 Å². The van der Waals surface area contributed by atoms with Crippen molar-refractivity contribution in [2.24, 2.45) is 16.7 Å². The van der Waals surface area contributed by atoms with E-state index in [1.165, 1.54) is 19.3 Å². The fourth-order valence-electron chi connectivity index (χ4n) is 3.67. The molecule has 0 unspecified atom stereocenters. The lowest BCUT2D eigenvalue weighted by Crippen LogP contribution is -2.46. The van der Waals surface area contributed by atoms with Crippen LogP contribution in [0, 0.1) is 16.7 Å². The van der Waals surface area contributed by atoms with Crippen LogP contribution in [0.4, 0.5) is 0 Å². The molecule has 0 spiro atoms. The van der Waals surface area contributed by atoms with E-state index in [1.54, 1.807) is 6.92 Å². The Hall–Kier alpha value is -0.530. The van der Waals surface area contributed by atoms with Gasteiger partial charge in [0.15, 0.2) is 0 Å². The molecule has 1 amide bonds. The predicted octanol–water partition coefficient (Wildman–Crippen LogP) is 2.34. The van der Waals surface area contributed by atoms with E-state index in [-0.39, 0.29) is 5.91 Å². The Morgan fingerprint density at radius 2 is 2.00 bits per heavy atom. The van der Waals surface area contributed by atoms with Crippen molar-refractivity contribution in [3.63, 3.8) is 0 Å². The van der Waals surface area contributed by atoms with Crippen LogP contribution in [0.1, 0.15) is 47.0 Å². The molecule has 2 heteroatoms. The van der Waals surface area contributed by atoms with Crippen LogP contribution in [0.2, 0.25) is 0 Å². The van der Waals surface area contributed by atoms with Crippen molar-refractivity contribution in [3.8, 4) is 0 Å². The number of hydrogen-bond donors (Lipinski definition) is 1. The zero-order valence-electron chi connectivity index (χ0n) is 9.68. The molecule has 0 aliphatic heterocycles. The highest BCUT2D eigenvalue weighted by molar-refractivity contribution is 5.73. The van der Waals surface area contributed by atoms with Crippen LogP contribution in [0.25, 0.3) is 0 Å². The molecule has 0 aromatic rings. The number of fused-ring (bicyclic) bond motifs is 2. The number of carbonyl (C=O) groups excluding carboxylic acids is 1. The van der Waals surface area contributed by atoms with Gasteiger partial charge in [-0.3, -0.25) is 4.79 Å². The van der Waals surface area contributed by atoms with Crippen molar-refractivity contribution in [1.82, 2.24) is 5.32 Å². The molecule has 2 aliphatic carbocycles. The number of amides is 1. The summed E-state index contributed by atoms with van der Waals surface area (Å²) in [6.45, 7) is 8.71. The lowest BCUT2D eigenvalue weighted by Gasteiger charge is -2.39. The molecule has 3 atom stereocenters. The Balaban J connectivity index is 2.23. The third kappa shape index (κ3) is 1.06. The second kappa shape index (κ2) is 2.74. The van der Waals surface area contributed by atoms with Crippen molar-refractivity contribution in [3.05, 3.63) is 0 Å². The van der Waals surface area contributed by atoms with Gasteiger partial charge in [0.1, 0.15) is 0 Å². The highest BCUT2D eigenvalue weighted by Crippen LogP contribution is 2.65. The van der Waals surface area contributed by atoms with Gasteiger partial charge in [-0.1, -0.05) is 20.8 Å². The van der Waals surface area contributed by atoms with Crippen LogP contribution >= 0.6 is 0 Å². The first-order chi connectivity index (χ1) is 6.38. The first kappa shape index (κ1) is 10.0. The summed E-state index contributed by atoms with van der Waals surface area (Å²) in [5, 5.41) is 3.13. The molecule has 2 aliphatic rings. The Morgan fingerprint density at radius 3 is 2.36 bits per heavy atom. The van der Waals surface area contributed by atoms with Gasteiger partial charge in [0.05, 0.1) is 0 Å². The molecular weight excluding hydrogens is 174 g/mol. The molecule has 0 aromatic carbocycles. The van der Waals surface area contributed by atoms with Crippen LogP contribution in [-0.2, 0) is 4.79 Å². The van der Waals surface area contributed by atoms with Crippen LogP contribution in [0.15, 0.2) is 0 Å². The summed E-state index contributed by atoms with van der Waals surface area (Å²) in [6, 6.07) is 0.411. The van der Waals surface area contributed by atoms with Crippen LogP contribution in [0.3, 0.4) is 0 Å². The highest BCUT2D eigenvalue weighted by Gasteiger charge is 2.61. The number of nitrogens with one attached hydrogen (secondary N) is 1. The third-order valence-corrected chi connectivity index (χ3v) is 5.17. The standard InChI is InChI=1S/C12H21NO/c1-8(14)13-10-7-9-5-6-12(10,4)11(9,2)3/h9-10H,5-7H2,1-4H3,(H,13,14)/t9-,10+,12+/m1/s1. The predicted molar refractivity (Wildman–Crippen MR) is 56.8 cm³/mol. The first-order valence-corrected chi connectivity index (χ1v) is 5.65. The van der Waals surface area contributed by atoms with Crippen LogP contribution < -0.4 is 5.32 Å². The molecule has 1 N–H and O–H groups in total. The van der Waals surface area contributed by atoms with E-state index in [1.807, 2.05) is 0 Å². The summed E-state index contributed by atoms with van der Waals surface area (Å²) in [5.74, 6) is 0.934. The normalized spacial score (nSPS) is 44.0. The summed E-state index contributed by atoms with van der Waals surface area (Å²) >= 11 is 0. The van der Waals surface area contributed by atoms with Crippen molar-refractivity contribution >= 4 is 5.91 Å². The Morgan fingerprint density at radius 1 is 1.36 bits per heavy atom. The number of hydrogen-bond acceptors (Lipinski definition) is 1. The van der Waals surface area contributed by atoms with E-state index < -0.39 is 0 Å². The minimum atomic E-state index is 0.125. The van der Waals surface area contributed by atoms with Gasteiger partial charge in [-0.15, -0.1) is 0 Å². The molecule has 2 bridgehead atoms. The van der Waals surface area contributed by atoms with Crippen molar-refractivity contribution < 1.29 is 4.79 Å². The molecular formula is C12H21NO. The highest BCUT2D eigenvalue weighted by atomic mass is 16.1. The molecule has 2 fully saturated rings. The lowest BCUT2D eigenvalue weighted by atomic mass is 9.69. The van der Waals surface area contributed by atoms with E-state index in [0.717, 1.165) is 5.92 Å². The van der Waals surface area contributed by atoms with Crippen LogP contribution in [0.5, 0.6) is 0 Å². The van der Waals surface area contributed by atoms with Gasteiger partial charge >= 0.3 is 0 Å². The van der Waals surface area contributed by atoms with Gasteiger partial charge in [0.25, 0.3) is 0 Å². The fourth-order valence-corrected chi connectivity index (χ4v) is 3.67. The second-order valence-electron chi connectivity index (χ2n) is 5.86. The Kier molecular flexibility index (Phi) is 1.96. The van der Waals surface area contributed by atoms with E-state index in [9.17, 15) is 4.79 Å². The first-order valence-electron chi connectivity index (χ1n) is 5.65. The Bertz CT molecular complexity index is 271. The van der Waals surface area contributed by atoms with Crippen molar-refractivity contribution in [2.45, 2.75) is 53.0 Å². The minimum Gasteiger partial charge on any atom is -0.353 e. The van der Waals surface area contributed by atoms with E-state index in [0.29, 0.717) is 16.9 Å². The smallest absolute Gasteiger partial charge is 0.217 e. The zero-order chi connectivity index (χ0) is 10.6. The molecule has 2 saturated carbocycles. The van der Waals surface area contributed by atoms with Gasteiger partial charge in [-0.25, -0.2) is 0 Å². The average molecular weight is 195 g/mol. The van der Waals surface area contributed by atoms with Crippen molar-refractivity contribution in [2.75, 3.05) is 0 Å². The van der Waals surface area contributed by atoms with E-state index >= 15 is 0 Å². The summed E-state index contributed by atoms with van der Waals surface area (Å²) < 4.78 is 0. The average Bonchev–Trinajstić information content (AvgIpc) is 2.35.